The van der Waals surface area contributed by atoms with Gasteiger partial charge in [0.25, 0.3) is 5.91 Å². The molecule has 0 radical (unpaired) electrons. The molecule has 29 heavy (non-hydrogen) atoms. The van der Waals surface area contributed by atoms with Crippen LogP contribution >= 0.6 is 11.8 Å². The smallest absolute Gasteiger partial charge is 0.307 e. The average Bonchev–Trinajstić information content (AvgIpc) is 2.73. The number of benzene rings is 2. The summed E-state index contributed by atoms with van der Waals surface area (Å²) in [4.78, 5) is 37.2. The van der Waals surface area contributed by atoms with Crippen molar-refractivity contribution in [2.24, 2.45) is 0 Å². The largest absolute Gasteiger partial charge is 0.456 e. The highest BCUT2D eigenvalue weighted by molar-refractivity contribution is 8.01. The summed E-state index contributed by atoms with van der Waals surface area (Å²) in [5.74, 6) is -0.779. The zero-order valence-electron chi connectivity index (χ0n) is 16.4. The minimum atomic E-state index is -0.584. The second-order valence-corrected chi connectivity index (χ2v) is 8.18. The summed E-state index contributed by atoms with van der Waals surface area (Å²) in [6, 6.07) is 15.0. The Hall–Kier alpha value is -2.80. The third kappa shape index (κ3) is 5.60. The number of ether oxygens (including phenoxy) is 1. The Morgan fingerprint density at radius 1 is 1.17 bits per heavy atom. The number of esters is 1. The number of nitrogens with one attached hydrogen (secondary N) is 2. The first kappa shape index (κ1) is 20.9. The molecule has 1 aliphatic heterocycles. The predicted octanol–water partition coefficient (Wildman–Crippen LogP) is 4.18. The fourth-order valence-corrected chi connectivity index (χ4v) is 4.01. The molecule has 1 aliphatic rings. The van der Waals surface area contributed by atoms with Gasteiger partial charge in [0.05, 0.1) is 17.4 Å². The molecule has 2 amide bonds. The lowest BCUT2D eigenvalue weighted by atomic mass is 9.99. The van der Waals surface area contributed by atoms with Gasteiger partial charge in [-0.1, -0.05) is 38.1 Å². The Morgan fingerprint density at radius 2 is 1.90 bits per heavy atom. The van der Waals surface area contributed by atoms with Crippen LogP contribution in [-0.2, 0) is 19.1 Å². The Balaban J connectivity index is 1.45. The number of rotatable bonds is 7. The van der Waals surface area contributed by atoms with Crippen molar-refractivity contribution in [2.45, 2.75) is 42.8 Å². The van der Waals surface area contributed by atoms with Crippen LogP contribution < -0.4 is 10.6 Å². The van der Waals surface area contributed by atoms with E-state index in [-0.39, 0.29) is 18.9 Å². The van der Waals surface area contributed by atoms with Crippen LogP contribution in [0.2, 0.25) is 0 Å². The lowest BCUT2D eigenvalue weighted by Gasteiger charge is -2.23. The molecule has 1 heterocycles. The number of para-hydroxylation sites is 1. The number of carbonyl (C=O) groups is 3. The fourth-order valence-electron chi connectivity index (χ4n) is 2.91. The van der Waals surface area contributed by atoms with E-state index in [1.807, 2.05) is 48.5 Å². The molecule has 0 spiro atoms. The zero-order valence-corrected chi connectivity index (χ0v) is 17.3. The Morgan fingerprint density at radius 3 is 2.62 bits per heavy atom. The number of hydrogen-bond acceptors (Lipinski definition) is 5. The average molecular weight is 413 g/mol. The van der Waals surface area contributed by atoms with Crippen molar-refractivity contribution in [1.82, 2.24) is 0 Å². The van der Waals surface area contributed by atoms with Gasteiger partial charge in [-0.15, -0.1) is 11.8 Å². The van der Waals surface area contributed by atoms with Crippen molar-refractivity contribution < 1.29 is 19.1 Å². The number of fused-ring (bicyclic) bond motifs is 1. The van der Waals surface area contributed by atoms with E-state index in [0.29, 0.717) is 11.6 Å². The van der Waals surface area contributed by atoms with E-state index >= 15 is 0 Å². The monoisotopic (exact) mass is 412 g/mol. The minimum absolute atomic E-state index is 0.0955. The lowest BCUT2D eigenvalue weighted by molar-refractivity contribution is -0.147. The molecule has 2 aromatic rings. The highest BCUT2D eigenvalue weighted by Crippen LogP contribution is 2.36. The molecule has 0 fully saturated rings. The van der Waals surface area contributed by atoms with Crippen molar-refractivity contribution in [3.8, 4) is 0 Å². The normalized spacial score (nSPS) is 16.3. The predicted molar refractivity (Wildman–Crippen MR) is 114 cm³/mol. The zero-order chi connectivity index (χ0) is 20.8. The molecule has 3 rings (SSSR count). The summed E-state index contributed by atoms with van der Waals surface area (Å²) >= 11 is 1.32. The standard InChI is InChI=1S/C22H24N2O4S/c1-3-14(2)15-8-10-16(11-9-15)23-20(25)13-28-21(26)12-19-22(27)24-17-6-4-5-7-18(17)29-19/h4-11,14,19H,3,12-13H2,1-2H3,(H,23,25)(H,24,27)/t14-,19-/m1/s1. The molecule has 0 bridgehead atoms. The maximum atomic E-state index is 12.1. The maximum Gasteiger partial charge on any atom is 0.307 e. The molecule has 0 aromatic heterocycles. The third-order valence-electron chi connectivity index (χ3n) is 4.80. The molecule has 0 aliphatic carbocycles. The Kier molecular flexibility index (Phi) is 6.93. The molecule has 2 N–H and O–H groups in total. The van der Waals surface area contributed by atoms with Crippen LogP contribution in [0.3, 0.4) is 0 Å². The quantitative estimate of drug-likeness (QED) is 0.667. The van der Waals surface area contributed by atoms with Crippen molar-refractivity contribution in [1.29, 1.82) is 0 Å². The summed E-state index contributed by atoms with van der Waals surface area (Å²) in [5.41, 5.74) is 2.60. The van der Waals surface area contributed by atoms with E-state index in [4.69, 9.17) is 4.74 Å². The minimum Gasteiger partial charge on any atom is -0.456 e. The molecular weight excluding hydrogens is 388 g/mol. The molecular formula is C22H24N2O4S. The van der Waals surface area contributed by atoms with Crippen LogP contribution in [-0.4, -0.2) is 29.6 Å². The summed E-state index contributed by atoms with van der Waals surface area (Å²) in [5, 5.41) is 4.91. The van der Waals surface area contributed by atoms with Gasteiger partial charge in [-0.25, -0.2) is 0 Å². The van der Waals surface area contributed by atoms with Gasteiger partial charge in [-0.3, -0.25) is 14.4 Å². The summed E-state index contributed by atoms with van der Waals surface area (Å²) < 4.78 is 5.05. The number of amides is 2. The second-order valence-electron chi connectivity index (χ2n) is 6.94. The second kappa shape index (κ2) is 9.60. The van der Waals surface area contributed by atoms with Crippen molar-refractivity contribution in [3.63, 3.8) is 0 Å². The van der Waals surface area contributed by atoms with Crippen LogP contribution in [0.4, 0.5) is 11.4 Å². The third-order valence-corrected chi connectivity index (χ3v) is 6.07. The van der Waals surface area contributed by atoms with Crippen molar-refractivity contribution >= 4 is 40.9 Å². The van der Waals surface area contributed by atoms with Crippen LogP contribution in [0.5, 0.6) is 0 Å². The molecule has 0 unspecified atom stereocenters. The van der Waals surface area contributed by atoms with E-state index in [1.54, 1.807) is 0 Å². The van der Waals surface area contributed by atoms with Gasteiger partial charge >= 0.3 is 5.97 Å². The van der Waals surface area contributed by atoms with Crippen LogP contribution in [0.15, 0.2) is 53.4 Å². The van der Waals surface area contributed by atoms with Crippen molar-refractivity contribution in [2.75, 3.05) is 17.2 Å². The van der Waals surface area contributed by atoms with Crippen LogP contribution in [0.1, 0.15) is 38.2 Å². The lowest BCUT2D eigenvalue weighted by Crippen LogP contribution is -2.32. The highest BCUT2D eigenvalue weighted by atomic mass is 32.2. The van der Waals surface area contributed by atoms with Crippen LogP contribution in [0.25, 0.3) is 0 Å². The Labute approximate surface area is 174 Å². The fraction of sp³-hybridized carbons (Fsp3) is 0.318. The molecule has 0 saturated heterocycles. The number of anilines is 2. The van der Waals surface area contributed by atoms with E-state index in [9.17, 15) is 14.4 Å². The van der Waals surface area contributed by atoms with Crippen LogP contribution in [0, 0.1) is 0 Å². The molecule has 0 saturated carbocycles. The first-order chi connectivity index (χ1) is 14.0. The van der Waals surface area contributed by atoms with Gasteiger partial charge in [0, 0.05) is 10.6 Å². The molecule has 152 valence electrons. The van der Waals surface area contributed by atoms with E-state index < -0.39 is 17.1 Å². The van der Waals surface area contributed by atoms with Gasteiger partial charge in [-0.2, -0.15) is 0 Å². The van der Waals surface area contributed by atoms with E-state index in [0.717, 1.165) is 17.0 Å². The van der Waals surface area contributed by atoms with E-state index in [1.165, 1.54) is 17.3 Å². The molecule has 7 heteroatoms. The molecule has 2 aromatic carbocycles. The van der Waals surface area contributed by atoms with Gasteiger partial charge in [-0.05, 0) is 42.2 Å². The van der Waals surface area contributed by atoms with Crippen molar-refractivity contribution in [3.05, 3.63) is 54.1 Å². The SMILES string of the molecule is CC[C@@H](C)c1ccc(NC(=O)COC(=O)C[C@H]2Sc3ccccc3NC2=O)cc1. The van der Waals surface area contributed by atoms with Gasteiger partial charge < -0.3 is 15.4 Å². The molecule has 2 atom stereocenters. The number of thioether (sulfide) groups is 1. The molecule has 6 nitrogen and oxygen atoms in total. The van der Waals surface area contributed by atoms with Gasteiger partial charge in [0.15, 0.2) is 6.61 Å². The highest BCUT2D eigenvalue weighted by Gasteiger charge is 2.29. The summed E-state index contributed by atoms with van der Waals surface area (Å²) in [6.07, 6.45) is 0.951. The van der Waals surface area contributed by atoms with E-state index in [2.05, 4.69) is 24.5 Å². The number of carbonyl (C=O) groups excluding carboxylic acids is 3. The topological polar surface area (TPSA) is 84.5 Å². The maximum absolute atomic E-state index is 12.1. The summed E-state index contributed by atoms with van der Waals surface area (Å²) in [7, 11) is 0. The number of hydrogen-bond donors (Lipinski definition) is 2. The van der Waals surface area contributed by atoms with Gasteiger partial charge in [0.2, 0.25) is 5.91 Å². The first-order valence-corrected chi connectivity index (χ1v) is 10.5. The van der Waals surface area contributed by atoms with Gasteiger partial charge in [0.1, 0.15) is 0 Å². The Bertz CT molecular complexity index is 898. The first-order valence-electron chi connectivity index (χ1n) is 9.58. The summed E-state index contributed by atoms with van der Waals surface area (Å²) in [6.45, 7) is 3.89.